The average molecular weight is 244 g/mol. The van der Waals surface area contributed by atoms with E-state index in [1.165, 1.54) is 5.56 Å². The third-order valence-electron chi connectivity index (χ3n) is 3.02. The maximum absolute atomic E-state index is 10.8. The van der Waals surface area contributed by atoms with Crippen molar-refractivity contribution in [1.29, 1.82) is 0 Å². The number of benzene rings is 2. The second-order valence-electron chi connectivity index (χ2n) is 4.18. The van der Waals surface area contributed by atoms with Gasteiger partial charge >= 0.3 is 0 Å². The zero-order valence-corrected chi connectivity index (χ0v) is 10.0. The lowest BCUT2D eigenvalue weighted by atomic mass is 10.1. The third kappa shape index (κ3) is 1.45. The summed E-state index contributed by atoms with van der Waals surface area (Å²) < 4.78 is 0. The molecule has 3 heteroatoms. The molecule has 2 aromatic carbocycles. The number of aryl methyl sites for hydroxylation is 1. The van der Waals surface area contributed by atoms with Crippen LogP contribution >= 0.6 is 11.6 Å². The summed E-state index contributed by atoms with van der Waals surface area (Å²) >= 11 is 6.19. The lowest BCUT2D eigenvalue weighted by molar-refractivity contribution is 0.112. The second kappa shape index (κ2) is 3.60. The Hall–Kier alpha value is -1.80. The van der Waals surface area contributed by atoms with E-state index < -0.39 is 0 Å². The predicted octanol–water partition coefficient (Wildman–Crippen LogP) is 4.10. The number of hydrogen-bond donors (Lipinski definition) is 1. The topological polar surface area (TPSA) is 32.9 Å². The molecule has 0 saturated carbocycles. The second-order valence-corrected chi connectivity index (χ2v) is 4.56. The molecule has 2 nitrogen and oxygen atoms in total. The van der Waals surface area contributed by atoms with Crippen LogP contribution in [0.2, 0.25) is 5.02 Å². The van der Waals surface area contributed by atoms with Gasteiger partial charge in [-0.3, -0.25) is 4.79 Å². The van der Waals surface area contributed by atoms with Crippen molar-refractivity contribution in [3.8, 4) is 0 Å². The number of rotatable bonds is 1. The SMILES string of the molecule is Cc1ccc2[nH]c3c(Cl)c(C=O)ccc3c2c1. The summed E-state index contributed by atoms with van der Waals surface area (Å²) in [6.07, 6.45) is 0.776. The molecule has 1 heterocycles. The molecule has 1 aromatic heterocycles. The van der Waals surface area contributed by atoms with Gasteiger partial charge in [-0.2, -0.15) is 0 Å². The molecule has 0 unspecified atom stereocenters. The van der Waals surface area contributed by atoms with Gasteiger partial charge in [-0.25, -0.2) is 0 Å². The quantitative estimate of drug-likeness (QED) is 0.642. The number of aldehydes is 1. The van der Waals surface area contributed by atoms with Gasteiger partial charge in [0.25, 0.3) is 0 Å². The lowest BCUT2D eigenvalue weighted by Crippen LogP contribution is -1.82. The molecule has 0 aliphatic rings. The van der Waals surface area contributed by atoms with Crippen LogP contribution in [0, 0.1) is 6.92 Å². The highest BCUT2D eigenvalue weighted by atomic mass is 35.5. The van der Waals surface area contributed by atoms with Gasteiger partial charge in [-0.05, 0) is 25.1 Å². The summed E-state index contributed by atoms with van der Waals surface area (Å²) in [5, 5.41) is 2.69. The number of hydrogen-bond acceptors (Lipinski definition) is 1. The zero-order valence-electron chi connectivity index (χ0n) is 9.25. The Bertz CT molecular complexity index is 743. The van der Waals surface area contributed by atoms with Crippen molar-refractivity contribution in [1.82, 2.24) is 4.98 Å². The Kier molecular flexibility index (Phi) is 2.20. The molecule has 0 radical (unpaired) electrons. The third-order valence-corrected chi connectivity index (χ3v) is 3.43. The first-order valence-electron chi connectivity index (χ1n) is 5.36. The molecule has 0 amide bonds. The van der Waals surface area contributed by atoms with Crippen LogP contribution in [0.15, 0.2) is 30.3 Å². The standard InChI is InChI=1S/C14H10ClNO/c1-8-2-5-12-11(6-8)10-4-3-9(7-17)13(15)14(10)16-12/h2-7,16H,1H3. The van der Waals surface area contributed by atoms with E-state index in [-0.39, 0.29) is 0 Å². The van der Waals surface area contributed by atoms with Gasteiger partial charge in [0, 0.05) is 21.9 Å². The van der Waals surface area contributed by atoms with Gasteiger partial charge < -0.3 is 4.98 Å². The highest BCUT2D eigenvalue weighted by molar-refractivity contribution is 6.38. The van der Waals surface area contributed by atoms with Gasteiger partial charge in [0.15, 0.2) is 6.29 Å². The molecule has 0 aliphatic carbocycles. The normalized spacial score (nSPS) is 11.2. The Morgan fingerprint density at radius 2 is 2.00 bits per heavy atom. The molecule has 0 atom stereocenters. The monoisotopic (exact) mass is 243 g/mol. The van der Waals surface area contributed by atoms with Crippen molar-refractivity contribution < 1.29 is 4.79 Å². The van der Waals surface area contributed by atoms with Crippen molar-refractivity contribution in [2.45, 2.75) is 6.92 Å². The Balaban J connectivity index is 2.51. The van der Waals surface area contributed by atoms with Crippen LogP contribution in [0.25, 0.3) is 21.8 Å². The van der Waals surface area contributed by atoms with Crippen LogP contribution in [-0.2, 0) is 0 Å². The van der Waals surface area contributed by atoms with Crippen LogP contribution in [0.5, 0.6) is 0 Å². The minimum Gasteiger partial charge on any atom is -0.353 e. The average Bonchev–Trinajstić information content (AvgIpc) is 2.69. The minimum atomic E-state index is 0.492. The van der Waals surface area contributed by atoms with E-state index in [1.54, 1.807) is 6.07 Å². The number of halogens is 1. The molecule has 0 bridgehead atoms. The molecule has 0 spiro atoms. The molecule has 0 saturated heterocycles. The fourth-order valence-corrected chi connectivity index (χ4v) is 2.41. The van der Waals surface area contributed by atoms with Crippen molar-refractivity contribution >= 4 is 39.7 Å². The van der Waals surface area contributed by atoms with Gasteiger partial charge in [-0.1, -0.05) is 29.3 Å². The molecular formula is C14H10ClNO. The van der Waals surface area contributed by atoms with Crippen LogP contribution in [0.1, 0.15) is 15.9 Å². The smallest absolute Gasteiger partial charge is 0.151 e. The fourth-order valence-electron chi connectivity index (χ4n) is 2.15. The van der Waals surface area contributed by atoms with Gasteiger partial charge in [0.05, 0.1) is 10.5 Å². The number of nitrogens with one attached hydrogen (secondary N) is 1. The number of aromatic nitrogens is 1. The van der Waals surface area contributed by atoms with E-state index in [2.05, 4.69) is 18.0 Å². The predicted molar refractivity (Wildman–Crippen MR) is 70.9 cm³/mol. The van der Waals surface area contributed by atoms with E-state index in [0.29, 0.717) is 10.6 Å². The maximum atomic E-state index is 10.8. The summed E-state index contributed by atoms with van der Waals surface area (Å²) in [7, 11) is 0. The van der Waals surface area contributed by atoms with E-state index in [1.807, 2.05) is 18.2 Å². The van der Waals surface area contributed by atoms with Crippen molar-refractivity contribution in [2.75, 3.05) is 0 Å². The molecule has 0 aliphatic heterocycles. The molecule has 1 N–H and O–H groups in total. The molecule has 17 heavy (non-hydrogen) atoms. The number of fused-ring (bicyclic) bond motifs is 3. The van der Waals surface area contributed by atoms with E-state index in [4.69, 9.17) is 11.6 Å². The Morgan fingerprint density at radius 1 is 1.18 bits per heavy atom. The molecule has 84 valence electrons. The Morgan fingerprint density at radius 3 is 2.76 bits per heavy atom. The number of carbonyl (C=O) groups is 1. The molecule has 0 fully saturated rings. The van der Waals surface area contributed by atoms with Gasteiger partial charge in [-0.15, -0.1) is 0 Å². The van der Waals surface area contributed by atoms with E-state index >= 15 is 0 Å². The van der Waals surface area contributed by atoms with E-state index in [9.17, 15) is 4.79 Å². The molecule has 3 aromatic rings. The first-order valence-corrected chi connectivity index (χ1v) is 5.74. The summed E-state index contributed by atoms with van der Waals surface area (Å²) in [5.41, 5.74) is 3.59. The lowest BCUT2D eigenvalue weighted by Gasteiger charge is -1.97. The van der Waals surface area contributed by atoms with Crippen molar-refractivity contribution in [3.05, 3.63) is 46.5 Å². The van der Waals surface area contributed by atoms with Gasteiger partial charge in [0.2, 0.25) is 0 Å². The number of H-pyrrole nitrogens is 1. The molecular weight excluding hydrogens is 234 g/mol. The summed E-state index contributed by atoms with van der Waals surface area (Å²) in [6, 6.07) is 9.88. The minimum absolute atomic E-state index is 0.492. The van der Waals surface area contributed by atoms with Crippen LogP contribution in [0.3, 0.4) is 0 Å². The van der Waals surface area contributed by atoms with Crippen molar-refractivity contribution in [2.24, 2.45) is 0 Å². The van der Waals surface area contributed by atoms with Crippen molar-refractivity contribution in [3.63, 3.8) is 0 Å². The van der Waals surface area contributed by atoms with Crippen LogP contribution < -0.4 is 0 Å². The summed E-state index contributed by atoms with van der Waals surface area (Å²) in [5.74, 6) is 0. The number of aromatic amines is 1. The highest BCUT2D eigenvalue weighted by Gasteiger charge is 2.10. The number of carbonyl (C=O) groups excluding carboxylic acids is 1. The van der Waals surface area contributed by atoms with Crippen LogP contribution in [-0.4, -0.2) is 11.3 Å². The summed E-state index contributed by atoms with van der Waals surface area (Å²) in [4.78, 5) is 14.1. The first-order chi connectivity index (χ1) is 8.20. The van der Waals surface area contributed by atoms with Gasteiger partial charge in [0.1, 0.15) is 0 Å². The molecule has 3 rings (SSSR count). The summed E-state index contributed by atoms with van der Waals surface area (Å²) in [6.45, 7) is 2.06. The first kappa shape index (κ1) is 10.4. The maximum Gasteiger partial charge on any atom is 0.151 e. The largest absolute Gasteiger partial charge is 0.353 e. The van der Waals surface area contributed by atoms with Crippen LogP contribution in [0.4, 0.5) is 0 Å². The fraction of sp³-hybridized carbons (Fsp3) is 0.0714. The zero-order chi connectivity index (χ0) is 12.0. The van der Waals surface area contributed by atoms with E-state index in [0.717, 1.165) is 28.1 Å². The highest BCUT2D eigenvalue weighted by Crippen LogP contribution is 2.32. The Labute approximate surface area is 103 Å².